The first-order valence-corrected chi connectivity index (χ1v) is 3.22. The largest absolute Gasteiger partial charge is 0.478 e. The molecule has 0 amide bonds. The first kappa shape index (κ1) is 12.8. The van der Waals surface area contributed by atoms with Crippen LogP contribution in [0.1, 0.15) is 13.3 Å². The van der Waals surface area contributed by atoms with Crippen LogP contribution in [0.15, 0.2) is 12.7 Å². The Balaban J connectivity index is 0. The van der Waals surface area contributed by atoms with Crippen molar-refractivity contribution in [1.29, 1.82) is 0 Å². The number of rotatable bonds is 3. The summed E-state index contributed by atoms with van der Waals surface area (Å²) in [5.41, 5.74) is 0. The van der Waals surface area contributed by atoms with Gasteiger partial charge in [-0.1, -0.05) is 13.5 Å². The Kier molecular flexibility index (Phi) is 10.6. The normalized spacial score (nSPS) is 10.8. The van der Waals surface area contributed by atoms with E-state index in [0.29, 0.717) is 6.42 Å². The molecule has 3 N–H and O–H groups in total. The standard InChI is InChI=1S/C4H10O2.C3H4O2/c1-2-4(6)3-5;1-2-3(4)5/h4-6H,2-3H2,1H3;2H,1H2,(H,4,5). The van der Waals surface area contributed by atoms with Gasteiger partial charge in [0.05, 0.1) is 12.7 Å². The molecule has 0 radical (unpaired) electrons. The molecule has 0 aromatic rings. The number of aliphatic hydroxyl groups is 2. The molecule has 0 saturated carbocycles. The van der Waals surface area contributed by atoms with Crippen LogP contribution in [0.2, 0.25) is 0 Å². The Morgan fingerprint density at radius 2 is 2.09 bits per heavy atom. The van der Waals surface area contributed by atoms with Crippen molar-refractivity contribution in [2.45, 2.75) is 19.4 Å². The van der Waals surface area contributed by atoms with Crippen molar-refractivity contribution in [3.05, 3.63) is 12.7 Å². The van der Waals surface area contributed by atoms with Crippen molar-refractivity contribution < 1.29 is 20.1 Å². The highest BCUT2D eigenvalue weighted by molar-refractivity contribution is 5.78. The van der Waals surface area contributed by atoms with E-state index < -0.39 is 12.1 Å². The van der Waals surface area contributed by atoms with Crippen LogP contribution in [-0.4, -0.2) is 34.0 Å². The summed E-state index contributed by atoms with van der Waals surface area (Å²) >= 11 is 0. The zero-order chi connectivity index (χ0) is 9.28. The van der Waals surface area contributed by atoms with Gasteiger partial charge in [-0.05, 0) is 6.42 Å². The van der Waals surface area contributed by atoms with Crippen molar-refractivity contribution in [2.75, 3.05) is 6.61 Å². The Morgan fingerprint density at radius 3 is 2.09 bits per heavy atom. The van der Waals surface area contributed by atoms with Crippen molar-refractivity contribution in [2.24, 2.45) is 0 Å². The molecule has 66 valence electrons. The smallest absolute Gasteiger partial charge is 0.327 e. The van der Waals surface area contributed by atoms with Crippen molar-refractivity contribution in [3.8, 4) is 0 Å². The SMILES string of the molecule is C=CC(=O)O.CCC(O)CO. The molecule has 1 atom stereocenters. The quantitative estimate of drug-likeness (QED) is 0.511. The Morgan fingerprint density at radius 1 is 1.73 bits per heavy atom. The number of aliphatic hydroxyl groups excluding tert-OH is 2. The minimum absolute atomic E-state index is 0.115. The molecule has 0 fully saturated rings. The minimum atomic E-state index is -0.981. The number of hydrogen-bond donors (Lipinski definition) is 3. The van der Waals surface area contributed by atoms with E-state index in [-0.39, 0.29) is 6.61 Å². The molecule has 0 aromatic carbocycles. The molecular formula is C7H14O4. The van der Waals surface area contributed by atoms with Gasteiger partial charge in [0.1, 0.15) is 0 Å². The van der Waals surface area contributed by atoms with E-state index in [1.54, 1.807) is 0 Å². The Hall–Kier alpha value is -0.870. The third kappa shape index (κ3) is 17.6. The number of hydrogen-bond acceptors (Lipinski definition) is 3. The topological polar surface area (TPSA) is 77.8 Å². The van der Waals surface area contributed by atoms with Crippen LogP contribution in [0.25, 0.3) is 0 Å². The molecule has 0 spiro atoms. The van der Waals surface area contributed by atoms with Crippen LogP contribution in [0, 0.1) is 0 Å². The number of carboxylic acids is 1. The van der Waals surface area contributed by atoms with Gasteiger partial charge in [-0.2, -0.15) is 0 Å². The first-order valence-electron chi connectivity index (χ1n) is 3.22. The second kappa shape index (κ2) is 9.13. The zero-order valence-electron chi connectivity index (χ0n) is 6.53. The van der Waals surface area contributed by atoms with Crippen LogP contribution >= 0.6 is 0 Å². The van der Waals surface area contributed by atoms with Gasteiger partial charge in [0.15, 0.2) is 0 Å². The lowest BCUT2D eigenvalue weighted by Crippen LogP contribution is -2.08. The fourth-order valence-corrected chi connectivity index (χ4v) is 0.129. The summed E-state index contributed by atoms with van der Waals surface area (Å²) in [6, 6.07) is 0. The molecule has 1 unspecified atom stereocenters. The fourth-order valence-electron chi connectivity index (χ4n) is 0.129. The summed E-state index contributed by atoms with van der Waals surface area (Å²) in [5.74, 6) is -0.981. The van der Waals surface area contributed by atoms with E-state index in [9.17, 15) is 4.79 Å². The summed E-state index contributed by atoms with van der Waals surface area (Å²) in [6.07, 6.45) is 0.959. The number of aliphatic carboxylic acids is 1. The highest BCUT2D eigenvalue weighted by atomic mass is 16.4. The maximum atomic E-state index is 9.25. The average Bonchev–Trinajstić information content (AvgIpc) is 2.04. The highest BCUT2D eigenvalue weighted by Crippen LogP contribution is 1.83. The van der Waals surface area contributed by atoms with Gasteiger partial charge in [-0.15, -0.1) is 0 Å². The van der Waals surface area contributed by atoms with Gasteiger partial charge in [0.2, 0.25) is 0 Å². The van der Waals surface area contributed by atoms with Crippen LogP contribution < -0.4 is 0 Å². The molecule has 0 aliphatic rings. The summed E-state index contributed by atoms with van der Waals surface area (Å²) < 4.78 is 0. The van der Waals surface area contributed by atoms with E-state index >= 15 is 0 Å². The third-order valence-electron chi connectivity index (χ3n) is 0.857. The molecule has 0 aliphatic carbocycles. The summed E-state index contributed by atoms with van der Waals surface area (Å²) in [6.45, 7) is 4.67. The van der Waals surface area contributed by atoms with Crippen molar-refractivity contribution in [1.82, 2.24) is 0 Å². The molecule has 0 bridgehead atoms. The van der Waals surface area contributed by atoms with Crippen LogP contribution in [-0.2, 0) is 4.79 Å². The lowest BCUT2D eigenvalue weighted by molar-refractivity contribution is -0.131. The summed E-state index contributed by atoms with van der Waals surface area (Å²) in [7, 11) is 0. The summed E-state index contributed by atoms with van der Waals surface area (Å²) in [5, 5.41) is 24.1. The number of carbonyl (C=O) groups is 1. The van der Waals surface area contributed by atoms with Gasteiger partial charge < -0.3 is 15.3 Å². The number of carboxylic acid groups (broad SMARTS) is 1. The Bertz CT molecular complexity index is 107. The van der Waals surface area contributed by atoms with E-state index in [0.717, 1.165) is 6.08 Å². The van der Waals surface area contributed by atoms with Gasteiger partial charge in [0.25, 0.3) is 0 Å². The Labute approximate surface area is 65.8 Å². The van der Waals surface area contributed by atoms with Crippen LogP contribution in [0.4, 0.5) is 0 Å². The van der Waals surface area contributed by atoms with E-state index in [1.165, 1.54) is 0 Å². The van der Waals surface area contributed by atoms with E-state index in [4.69, 9.17) is 15.3 Å². The molecule has 0 heterocycles. The summed E-state index contributed by atoms with van der Waals surface area (Å²) in [4.78, 5) is 9.25. The lowest BCUT2D eigenvalue weighted by Gasteiger charge is -1.97. The molecule has 0 rings (SSSR count). The van der Waals surface area contributed by atoms with Gasteiger partial charge in [0, 0.05) is 6.08 Å². The van der Waals surface area contributed by atoms with E-state index in [2.05, 4.69) is 6.58 Å². The fraction of sp³-hybridized carbons (Fsp3) is 0.571. The van der Waals surface area contributed by atoms with Crippen molar-refractivity contribution in [3.63, 3.8) is 0 Å². The monoisotopic (exact) mass is 162 g/mol. The molecule has 11 heavy (non-hydrogen) atoms. The van der Waals surface area contributed by atoms with Crippen LogP contribution in [0.3, 0.4) is 0 Å². The second-order valence-corrected chi connectivity index (χ2v) is 1.79. The lowest BCUT2D eigenvalue weighted by atomic mass is 10.3. The maximum absolute atomic E-state index is 9.25. The molecule has 4 heteroatoms. The van der Waals surface area contributed by atoms with Crippen molar-refractivity contribution >= 4 is 5.97 Å². The second-order valence-electron chi connectivity index (χ2n) is 1.79. The predicted molar refractivity (Wildman–Crippen MR) is 41.2 cm³/mol. The van der Waals surface area contributed by atoms with Gasteiger partial charge in [-0.3, -0.25) is 0 Å². The predicted octanol–water partition coefficient (Wildman–Crippen LogP) is 0.00660. The highest BCUT2D eigenvalue weighted by Gasteiger charge is 1.92. The molecule has 0 aliphatic heterocycles. The van der Waals surface area contributed by atoms with Gasteiger partial charge >= 0.3 is 5.97 Å². The average molecular weight is 162 g/mol. The molecule has 0 aromatic heterocycles. The zero-order valence-corrected chi connectivity index (χ0v) is 6.53. The molecular weight excluding hydrogens is 148 g/mol. The minimum Gasteiger partial charge on any atom is -0.478 e. The molecule has 0 saturated heterocycles. The third-order valence-corrected chi connectivity index (χ3v) is 0.857. The molecule has 4 nitrogen and oxygen atoms in total. The first-order chi connectivity index (χ1) is 5.08. The van der Waals surface area contributed by atoms with Gasteiger partial charge in [-0.25, -0.2) is 4.79 Å². The maximum Gasteiger partial charge on any atom is 0.327 e. The van der Waals surface area contributed by atoms with E-state index in [1.807, 2.05) is 6.92 Å². The van der Waals surface area contributed by atoms with Crippen LogP contribution in [0.5, 0.6) is 0 Å².